The van der Waals surface area contributed by atoms with Gasteiger partial charge in [-0.2, -0.15) is 0 Å². The van der Waals surface area contributed by atoms with Crippen LogP contribution in [-0.4, -0.2) is 17.8 Å². The van der Waals surface area contributed by atoms with Gasteiger partial charge in [0.25, 0.3) is 0 Å². The van der Waals surface area contributed by atoms with Crippen LogP contribution in [0.25, 0.3) is 0 Å². The topological polar surface area (TPSA) is 46.2 Å². The Bertz CT molecular complexity index is 106. The average Bonchev–Trinajstić information content (AvgIpc) is 2.03. The van der Waals surface area contributed by atoms with Gasteiger partial charge in [-0.1, -0.05) is 20.8 Å². The van der Waals surface area contributed by atoms with Gasteiger partial charge in [-0.15, -0.1) is 0 Å². The lowest BCUT2D eigenvalue weighted by molar-refractivity contribution is 0.158. The molecule has 0 radical (unpaired) electrons. The van der Waals surface area contributed by atoms with Gasteiger partial charge in [-0.05, 0) is 24.7 Å². The molecule has 2 nitrogen and oxygen atoms in total. The van der Waals surface area contributed by atoms with Crippen molar-refractivity contribution in [3.05, 3.63) is 0 Å². The van der Waals surface area contributed by atoms with Crippen LogP contribution in [-0.2, 0) is 0 Å². The molecule has 0 aliphatic rings. The van der Waals surface area contributed by atoms with Crippen LogP contribution >= 0.6 is 0 Å². The van der Waals surface area contributed by atoms with Gasteiger partial charge in [0, 0.05) is 12.6 Å². The summed E-state index contributed by atoms with van der Waals surface area (Å²) < 4.78 is 0. The average molecular weight is 159 g/mol. The summed E-state index contributed by atoms with van der Waals surface area (Å²) in [7, 11) is 0. The third-order valence-electron chi connectivity index (χ3n) is 2.83. The fraction of sp³-hybridized carbons (Fsp3) is 1.00. The van der Waals surface area contributed by atoms with E-state index in [4.69, 9.17) is 10.8 Å². The van der Waals surface area contributed by atoms with Crippen LogP contribution in [0.15, 0.2) is 0 Å². The van der Waals surface area contributed by atoms with Crippen molar-refractivity contribution in [2.24, 2.45) is 11.1 Å². The first-order valence-electron chi connectivity index (χ1n) is 4.47. The van der Waals surface area contributed by atoms with Gasteiger partial charge < -0.3 is 10.8 Å². The Morgan fingerprint density at radius 1 is 1.45 bits per heavy atom. The summed E-state index contributed by atoms with van der Waals surface area (Å²) in [6, 6.07) is 0.222. The van der Waals surface area contributed by atoms with Crippen LogP contribution in [0.5, 0.6) is 0 Å². The molecule has 0 bridgehead atoms. The molecule has 0 aromatic rings. The maximum Gasteiger partial charge on any atom is 0.0436 e. The zero-order valence-electron chi connectivity index (χ0n) is 7.93. The standard InChI is InChI=1S/C9H21NO/c1-4-8(10)9(3,5-2)6-7-11/h8,11H,4-7,10H2,1-3H3. The van der Waals surface area contributed by atoms with E-state index in [1.807, 2.05) is 0 Å². The van der Waals surface area contributed by atoms with E-state index in [1.54, 1.807) is 0 Å². The van der Waals surface area contributed by atoms with E-state index in [-0.39, 0.29) is 18.1 Å². The predicted octanol–water partition coefficient (Wildman–Crippen LogP) is 1.52. The number of hydrogen-bond acceptors (Lipinski definition) is 2. The van der Waals surface area contributed by atoms with Gasteiger partial charge in [0.15, 0.2) is 0 Å². The molecule has 2 heteroatoms. The highest BCUT2D eigenvalue weighted by molar-refractivity contribution is 4.82. The number of nitrogens with two attached hydrogens (primary N) is 1. The fourth-order valence-electron chi connectivity index (χ4n) is 1.37. The Labute approximate surface area is 69.8 Å². The first-order valence-corrected chi connectivity index (χ1v) is 4.47. The Hall–Kier alpha value is -0.0800. The molecule has 0 aliphatic heterocycles. The van der Waals surface area contributed by atoms with E-state index < -0.39 is 0 Å². The summed E-state index contributed by atoms with van der Waals surface area (Å²) in [5.41, 5.74) is 6.07. The van der Waals surface area contributed by atoms with Crippen LogP contribution < -0.4 is 5.73 Å². The van der Waals surface area contributed by atoms with Crippen molar-refractivity contribution in [2.75, 3.05) is 6.61 Å². The molecule has 2 unspecified atom stereocenters. The summed E-state index contributed by atoms with van der Waals surface area (Å²) >= 11 is 0. The normalized spacial score (nSPS) is 19.4. The molecule has 0 amide bonds. The SMILES string of the molecule is CCC(N)C(C)(CC)CCO. The monoisotopic (exact) mass is 159 g/mol. The van der Waals surface area contributed by atoms with E-state index in [9.17, 15) is 0 Å². The number of aliphatic hydroxyl groups excluding tert-OH is 1. The lowest BCUT2D eigenvalue weighted by Gasteiger charge is -2.33. The molecular formula is C9H21NO. The molecule has 0 heterocycles. The maximum absolute atomic E-state index is 8.82. The lowest BCUT2D eigenvalue weighted by Crippen LogP contribution is -2.39. The quantitative estimate of drug-likeness (QED) is 0.639. The van der Waals surface area contributed by atoms with Crippen molar-refractivity contribution in [3.63, 3.8) is 0 Å². The van der Waals surface area contributed by atoms with Crippen molar-refractivity contribution in [2.45, 2.75) is 46.1 Å². The molecule has 68 valence electrons. The first kappa shape index (κ1) is 10.9. The van der Waals surface area contributed by atoms with Gasteiger partial charge in [-0.25, -0.2) is 0 Å². The van der Waals surface area contributed by atoms with Crippen LogP contribution in [0.3, 0.4) is 0 Å². The number of aliphatic hydroxyl groups is 1. The number of hydrogen-bond donors (Lipinski definition) is 2. The number of rotatable bonds is 5. The summed E-state index contributed by atoms with van der Waals surface area (Å²) in [6.07, 6.45) is 2.85. The molecule has 0 spiro atoms. The lowest BCUT2D eigenvalue weighted by atomic mass is 9.76. The van der Waals surface area contributed by atoms with Crippen LogP contribution in [0.1, 0.15) is 40.0 Å². The minimum Gasteiger partial charge on any atom is -0.396 e. The largest absolute Gasteiger partial charge is 0.396 e. The molecule has 0 saturated heterocycles. The molecular weight excluding hydrogens is 138 g/mol. The summed E-state index contributed by atoms with van der Waals surface area (Å²) in [4.78, 5) is 0. The first-order chi connectivity index (χ1) is 5.10. The molecule has 0 fully saturated rings. The molecule has 0 saturated carbocycles. The minimum absolute atomic E-state index is 0.128. The third-order valence-corrected chi connectivity index (χ3v) is 2.83. The van der Waals surface area contributed by atoms with E-state index in [0.717, 1.165) is 19.3 Å². The van der Waals surface area contributed by atoms with Crippen molar-refractivity contribution < 1.29 is 5.11 Å². The maximum atomic E-state index is 8.82. The van der Waals surface area contributed by atoms with Crippen molar-refractivity contribution in [3.8, 4) is 0 Å². The second-order valence-electron chi connectivity index (χ2n) is 3.50. The Morgan fingerprint density at radius 3 is 2.27 bits per heavy atom. The zero-order chi connectivity index (χ0) is 8.91. The van der Waals surface area contributed by atoms with E-state index in [0.29, 0.717) is 0 Å². The Morgan fingerprint density at radius 2 is 2.00 bits per heavy atom. The minimum atomic E-state index is 0.128. The van der Waals surface area contributed by atoms with Gasteiger partial charge in [0.2, 0.25) is 0 Å². The molecule has 0 aromatic carbocycles. The van der Waals surface area contributed by atoms with Gasteiger partial charge in [-0.3, -0.25) is 0 Å². The third kappa shape index (κ3) is 2.80. The zero-order valence-corrected chi connectivity index (χ0v) is 7.93. The fourth-order valence-corrected chi connectivity index (χ4v) is 1.37. The molecule has 11 heavy (non-hydrogen) atoms. The van der Waals surface area contributed by atoms with Crippen LogP contribution in [0.2, 0.25) is 0 Å². The predicted molar refractivity (Wildman–Crippen MR) is 48.4 cm³/mol. The Balaban J connectivity index is 4.07. The van der Waals surface area contributed by atoms with E-state index in [1.165, 1.54) is 0 Å². The van der Waals surface area contributed by atoms with Crippen LogP contribution in [0.4, 0.5) is 0 Å². The van der Waals surface area contributed by atoms with Crippen LogP contribution in [0, 0.1) is 5.41 Å². The highest BCUT2D eigenvalue weighted by atomic mass is 16.3. The molecule has 3 N–H and O–H groups in total. The second-order valence-corrected chi connectivity index (χ2v) is 3.50. The van der Waals surface area contributed by atoms with Gasteiger partial charge in [0.05, 0.1) is 0 Å². The summed E-state index contributed by atoms with van der Waals surface area (Å²) in [6.45, 7) is 6.62. The van der Waals surface area contributed by atoms with Crippen molar-refractivity contribution in [1.82, 2.24) is 0 Å². The second kappa shape index (κ2) is 4.73. The highest BCUT2D eigenvalue weighted by Gasteiger charge is 2.27. The highest BCUT2D eigenvalue weighted by Crippen LogP contribution is 2.29. The molecule has 0 aromatic heterocycles. The summed E-state index contributed by atoms with van der Waals surface area (Å²) in [5.74, 6) is 0. The molecule has 2 atom stereocenters. The van der Waals surface area contributed by atoms with Crippen molar-refractivity contribution >= 4 is 0 Å². The van der Waals surface area contributed by atoms with Gasteiger partial charge >= 0.3 is 0 Å². The molecule has 0 aliphatic carbocycles. The van der Waals surface area contributed by atoms with Gasteiger partial charge in [0.1, 0.15) is 0 Å². The Kier molecular flexibility index (Phi) is 4.69. The van der Waals surface area contributed by atoms with E-state index in [2.05, 4.69) is 20.8 Å². The summed E-state index contributed by atoms with van der Waals surface area (Å²) in [5, 5.41) is 8.82. The van der Waals surface area contributed by atoms with E-state index >= 15 is 0 Å². The van der Waals surface area contributed by atoms with Crippen molar-refractivity contribution in [1.29, 1.82) is 0 Å². The smallest absolute Gasteiger partial charge is 0.0436 e. The molecule has 0 rings (SSSR count).